The minimum atomic E-state index is -0.130. The van der Waals surface area contributed by atoms with Crippen LogP contribution in [0.2, 0.25) is 0 Å². The van der Waals surface area contributed by atoms with Crippen molar-refractivity contribution in [1.82, 2.24) is 5.32 Å². The largest absolute Gasteiger partial charge is 0.325 e. The molecule has 2 amide bonds. The quantitative estimate of drug-likeness (QED) is 0.775. The van der Waals surface area contributed by atoms with E-state index in [9.17, 15) is 9.59 Å². The summed E-state index contributed by atoms with van der Waals surface area (Å²) in [6, 6.07) is 5.49. The van der Waals surface area contributed by atoms with E-state index in [-0.39, 0.29) is 17.9 Å². The summed E-state index contributed by atoms with van der Waals surface area (Å²) in [5.41, 5.74) is 1.49. The molecule has 1 aromatic rings. The van der Waals surface area contributed by atoms with Crippen LogP contribution in [-0.2, 0) is 9.59 Å². The van der Waals surface area contributed by atoms with Crippen LogP contribution < -0.4 is 16.0 Å². The third-order valence-electron chi connectivity index (χ3n) is 3.70. The van der Waals surface area contributed by atoms with Crippen LogP contribution in [-0.4, -0.2) is 30.2 Å². The molecule has 2 aliphatic heterocycles. The molecule has 5 nitrogen and oxygen atoms in total. The fourth-order valence-electron chi connectivity index (χ4n) is 2.57. The Bertz CT molecular complexity index is 561. The second-order valence-electron chi connectivity index (χ2n) is 5.23. The number of carbonyl (C=O) groups excluding carboxylic acids is 2. The van der Waals surface area contributed by atoms with Gasteiger partial charge in [0.2, 0.25) is 11.8 Å². The Morgan fingerprint density at radius 1 is 1.45 bits per heavy atom. The molecule has 0 aromatic heterocycles. The minimum absolute atomic E-state index is 0.00272. The van der Waals surface area contributed by atoms with Gasteiger partial charge in [-0.05, 0) is 37.1 Å². The summed E-state index contributed by atoms with van der Waals surface area (Å²) in [6.07, 6.45) is 1.02. The molecular formula is C14H17N3O2S. The lowest BCUT2D eigenvalue weighted by Gasteiger charge is -2.19. The maximum atomic E-state index is 12.2. The van der Waals surface area contributed by atoms with E-state index in [2.05, 4.69) is 22.9 Å². The van der Waals surface area contributed by atoms with Gasteiger partial charge in [-0.25, -0.2) is 0 Å². The molecule has 6 heteroatoms. The zero-order valence-corrected chi connectivity index (χ0v) is 12.0. The van der Waals surface area contributed by atoms with Crippen molar-refractivity contribution in [1.29, 1.82) is 0 Å². The Morgan fingerprint density at radius 2 is 2.30 bits per heavy atom. The van der Waals surface area contributed by atoms with Gasteiger partial charge in [0.25, 0.3) is 0 Å². The number of amides is 2. The number of hydrogen-bond donors (Lipinski definition) is 3. The molecule has 2 unspecified atom stereocenters. The van der Waals surface area contributed by atoms with Crippen molar-refractivity contribution < 1.29 is 9.59 Å². The van der Waals surface area contributed by atoms with Gasteiger partial charge in [-0.2, -0.15) is 0 Å². The Balaban J connectivity index is 1.73. The third-order valence-corrected chi connectivity index (χ3v) is 4.77. The normalized spacial score (nSPS) is 24.9. The highest BCUT2D eigenvalue weighted by atomic mass is 32.2. The number of thioether (sulfide) groups is 1. The van der Waals surface area contributed by atoms with Crippen LogP contribution in [0.25, 0.3) is 0 Å². The van der Waals surface area contributed by atoms with E-state index in [0.717, 1.165) is 29.2 Å². The van der Waals surface area contributed by atoms with E-state index < -0.39 is 0 Å². The second kappa shape index (κ2) is 5.46. The summed E-state index contributed by atoms with van der Waals surface area (Å²) >= 11 is 1.51. The number of benzene rings is 1. The Hall–Kier alpha value is -1.53. The zero-order valence-electron chi connectivity index (χ0n) is 11.2. The van der Waals surface area contributed by atoms with Crippen molar-refractivity contribution in [3.05, 3.63) is 18.2 Å². The molecule has 3 N–H and O–H groups in total. The highest BCUT2D eigenvalue weighted by molar-refractivity contribution is 8.00. The Morgan fingerprint density at radius 3 is 3.05 bits per heavy atom. The molecule has 3 rings (SSSR count). The van der Waals surface area contributed by atoms with Crippen molar-refractivity contribution in [2.24, 2.45) is 5.92 Å². The van der Waals surface area contributed by atoms with Crippen molar-refractivity contribution in [2.45, 2.75) is 24.3 Å². The average Bonchev–Trinajstić information content (AvgIpc) is 2.84. The monoisotopic (exact) mass is 291 g/mol. The second-order valence-corrected chi connectivity index (χ2v) is 6.25. The van der Waals surface area contributed by atoms with Gasteiger partial charge in [0.05, 0.1) is 17.5 Å². The lowest BCUT2D eigenvalue weighted by atomic mass is 10.0. The first kappa shape index (κ1) is 13.5. The first-order chi connectivity index (χ1) is 9.63. The average molecular weight is 291 g/mol. The molecule has 0 aliphatic carbocycles. The first-order valence-electron chi connectivity index (χ1n) is 6.74. The molecule has 1 aromatic carbocycles. The number of nitrogens with one attached hydrogen (secondary N) is 3. The summed E-state index contributed by atoms with van der Waals surface area (Å²) in [4.78, 5) is 24.6. The van der Waals surface area contributed by atoms with E-state index in [1.807, 2.05) is 18.2 Å². The van der Waals surface area contributed by atoms with Crippen molar-refractivity contribution in [2.75, 3.05) is 22.9 Å². The van der Waals surface area contributed by atoms with Crippen molar-refractivity contribution in [3.63, 3.8) is 0 Å². The standard InChI is InChI=1S/C14H17N3O2S/c1-8-4-5-15-13(8)14(19)16-9-2-3-11-10(6-9)17-12(18)7-20-11/h2-3,6,8,13,15H,4-5,7H2,1H3,(H,16,19)(H,17,18). The van der Waals surface area contributed by atoms with E-state index in [0.29, 0.717) is 11.7 Å². The summed E-state index contributed by atoms with van der Waals surface area (Å²) < 4.78 is 0. The zero-order chi connectivity index (χ0) is 14.1. The Kier molecular flexibility index (Phi) is 3.67. The molecule has 0 bridgehead atoms. The van der Waals surface area contributed by atoms with Crippen molar-refractivity contribution in [3.8, 4) is 0 Å². The van der Waals surface area contributed by atoms with Gasteiger partial charge in [-0.15, -0.1) is 11.8 Å². The van der Waals surface area contributed by atoms with Crippen LogP contribution in [0.3, 0.4) is 0 Å². The van der Waals surface area contributed by atoms with Crippen LogP contribution in [0.4, 0.5) is 11.4 Å². The lowest BCUT2D eigenvalue weighted by molar-refractivity contribution is -0.118. The summed E-state index contributed by atoms with van der Waals surface area (Å²) in [5, 5.41) is 8.95. The highest BCUT2D eigenvalue weighted by Crippen LogP contribution is 2.33. The van der Waals surface area contributed by atoms with E-state index in [1.165, 1.54) is 11.8 Å². The van der Waals surface area contributed by atoms with E-state index >= 15 is 0 Å². The van der Waals surface area contributed by atoms with Gasteiger partial charge < -0.3 is 16.0 Å². The molecular weight excluding hydrogens is 274 g/mol. The number of anilines is 2. The minimum Gasteiger partial charge on any atom is -0.325 e. The molecule has 106 valence electrons. The van der Waals surface area contributed by atoms with Crippen LogP contribution in [0.1, 0.15) is 13.3 Å². The fraction of sp³-hybridized carbons (Fsp3) is 0.429. The summed E-state index contributed by atoms with van der Waals surface area (Å²) in [7, 11) is 0. The van der Waals surface area contributed by atoms with E-state index in [1.54, 1.807) is 0 Å². The predicted molar refractivity (Wildman–Crippen MR) is 80.0 cm³/mol. The predicted octanol–water partition coefficient (Wildman–Crippen LogP) is 1.67. The summed E-state index contributed by atoms with van der Waals surface area (Å²) in [6.45, 7) is 2.96. The molecule has 20 heavy (non-hydrogen) atoms. The lowest BCUT2D eigenvalue weighted by Crippen LogP contribution is -2.39. The SMILES string of the molecule is CC1CCNC1C(=O)Nc1ccc2c(c1)NC(=O)CS2. The topological polar surface area (TPSA) is 70.2 Å². The first-order valence-corrected chi connectivity index (χ1v) is 7.73. The number of hydrogen-bond acceptors (Lipinski definition) is 4. The molecule has 1 fully saturated rings. The van der Waals surface area contributed by atoms with Gasteiger partial charge >= 0.3 is 0 Å². The van der Waals surface area contributed by atoms with Crippen LogP contribution in [0.5, 0.6) is 0 Å². The van der Waals surface area contributed by atoms with Crippen LogP contribution >= 0.6 is 11.8 Å². The summed E-state index contributed by atoms with van der Waals surface area (Å²) in [5.74, 6) is 0.784. The van der Waals surface area contributed by atoms with Gasteiger partial charge in [-0.3, -0.25) is 9.59 Å². The number of rotatable bonds is 2. The van der Waals surface area contributed by atoms with Gasteiger partial charge in [0.1, 0.15) is 0 Å². The third kappa shape index (κ3) is 2.66. The highest BCUT2D eigenvalue weighted by Gasteiger charge is 2.29. The molecule has 1 saturated heterocycles. The molecule has 0 spiro atoms. The van der Waals surface area contributed by atoms with Crippen LogP contribution in [0, 0.1) is 5.92 Å². The van der Waals surface area contributed by atoms with Gasteiger partial charge in [-0.1, -0.05) is 6.92 Å². The molecule has 0 saturated carbocycles. The van der Waals surface area contributed by atoms with E-state index in [4.69, 9.17) is 0 Å². The Labute approximate surface area is 121 Å². The fourth-order valence-corrected chi connectivity index (χ4v) is 3.35. The molecule has 2 heterocycles. The van der Waals surface area contributed by atoms with Gasteiger partial charge in [0, 0.05) is 10.6 Å². The van der Waals surface area contributed by atoms with Crippen LogP contribution in [0.15, 0.2) is 23.1 Å². The number of carbonyl (C=O) groups is 2. The van der Waals surface area contributed by atoms with Gasteiger partial charge in [0.15, 0.2) is 0 Å². The smallest absolute Gasteiger partial charge is 0.241 e. The maximum Gasteiger partial charge on any atom is 0.241 e. The molecule has 2 aliphatic rings. The number of fused-ring (bicyclic) bond motifs is 1. The van der Waals surface area contributed by atoms with Crippen molar-refractivity contribution >= 4 is 35.0 Å². The molecule has 2 atom stereocenters. The maximum absolute atomic E-state index is 12.2. The molecule has 0 radical (unpaired) electrons.